The second-order valence-corrected chi connectivity index (χ2v) is 8.61. The first-order chi connectivity index (χ1) is 15.6. The van der Waals surface area contributed by atoms with E-state index in [1.807, 2.05) is 0 Å². The fourth-order valence-electron chi connectivity index (χ4n) is 4.76. The molecule has 2 aliphatic rings. The summed E-state index contributed by atoms with van der Waals surface area (Å²) in [6.07, 6.45) is 2.00. The van der Waals surface area contributed by atoms with Crippen LogP contribution in [-0.2, 0) is 15.5 Å². The smallest absolute Gasteiger partial charge is 0.352 e. The zero-order chi connectivity index (χ0) is 23.9. The monoisotopic (exact) mass is 464 g/mol. The number of nitrogens with one attached hydrogen (secondary N) is 1. The number of alkyl halides is 2. The largest absolute Gasteiger partial charge is 0.381 e. The Morgan fingerprint density at radius 1 is 1.03 bits per heavy atom. The predicted molar refractivity (Wildman–Crippen MR) is 113 cm³/mol. The average molecular weight is 464 g/mol. The number of methoxy groups -OCH3 is 1. The summed E-state index contributed by atoms with van der Waals surface area (Å²) in [6.45, 7) is 1.51. The molecule has 2 amide bonds. The lowest BCUT2D eigenvalue weighted by atomic mass is 9.96. The van der Waals surface area contributed by atoms with Gasteiger partial charge >= 0.3 is 5.92 Å². The van der Waals surface area contributed by atoms with Gasteiger partial charge in [-0.15, -0.1) is 0 Å². The Bertz CT molecular complexity index is 1080. The molecule has 3 atom stereocenters. The number of carbonyl (C=O) groups excluding carboxylic acids is 2. The highest BCUT2D eigenvalue weighted by Crippen LogP contribution is 2.42. The van der Waals surface area contributed by atoms with Gasteiger partial charge in [-0.25, -0.2) is 8.78 Å². The van der Waals surface area contributed by atoms with E-state index in [1.54, 1.807) is 7.11 Å². The summed E-state index contributed by atoms with van der Waals surface area (Å²) in [6, 6.07) is 5.59. The molecule has 5 nitrogen and oxygen atoms in total. The third-order valence-electron chi connectivity index (χ3n) is 6.51. The predicted octanol–water partition coefficient (Wildman–Crippen LogP) is 4.79. The Kier molecular flexibility index (Phi) is 6.18. The number of anilines is 1. The highest BCUT2D eigenvalue weighted by Gasteiger charge is 2.53. The first-order valence-corrected chi connectivity index (χ1v) is 10.7. The fraction of sp³-hybridized carbons (Fsp3) is 0.417. The van der Waals surface area contributed by atoms with E-state index in [0.717, 1.165) is 18.2 Å². The number of hydrogen-bond acceptors (Lipinski definition) is 3. The third kappa shape index (κ3) is 4.34. The molecule has 1 N–H and O–H groups in total. The minimum Gasteiger partial charge on any atom is -0.381 e. The van der Waals surface area contributed by atoms with Crippen LogP contribution in [0.15, 0.2) is 36.4 Å². The molecule has 0 saturated carbocycles. The van der Waals surface area contributed by atoms with Gasteiger partial charge in [0.05, 0.1) is 11.7 Å². The number of halogens is 4. The Labute approximate surface area is 188 Å². The summed E-state index contributed by atoms with van der Waals surface area (Å²) in [4.78, 5) is 26.6. The van der Waals surface area contributed by atoms with Gasteiger partial charge in [0, 0.05) is 30.4 Å². The number of amides is 2. The number of nitrogens with zero attached hydrogens (tertiary/aromatic N) is 1. The van der Waals surface area contributed by atoms with Gasteiger partial charge in [-0.2, -0.15) is 8.78 Å². The van der Waals surface area contributed by atoms with Crippen LogP contribution in [-0.4, -0.2) is 42.0 Å². The molecule has 0 aromatic heterocycles. The minimum atomic E-state index is -4.15. The van der Waals surface area contributed by atoms with Gasteiger partial charge in [0.25, 0.3) is 11.8 Å². The molecule has 33 heavy (non-hydrogen) atoms. The molecule has 4 rings (SSSR count). The highest BCUT2D eigenvalue weighted by molar-refractivity contribution is 6.04. The van der Waals surface area contributed by atoms with Crippen LogP contribution in [0.25, 0.3) is 0 Å². The quantitative estimate of drug-likeness (QED) is 0.648. The van der Waals surface area contributed by atoms with Gasteiger partial charge in [0.2, 0.25) is 0 Å². The molecule has 0 aliphatic carbocycles. The van der Waals surface area contributed by atoms with Crippen LogP contribution in [0.3, 0.4) is 0 Å². The molecule has 0 unspecified atom stereocenters. The lowest BCUT2D eigenvalue weighted by Crippen LogP contribution is -2.53. The van der Waals surface area contributed by atoms with Crippen LogP contribution < -0.4 is 5.32 Å². The SMILES string of the molecule is CO[C@H]1C[C@H]2CC[C@@H](C1)N2C(=O)C(F)(F)c1cc(C(=O)Nc2ccc(F)c(C)c2)ccc1F. The van der Waals surface area contributed by atoms with E-state index in [2.05, 4.69) is 5.32 Å². The van der Waals surface area contributed by atoms with Crippen molar-refractivity contribution in [2.24, 2.45) is 0 Å². The van der Waals surface area contributed by atoms with Crippen LogP contribution >= 0.6 is 0 Å². The van der Waals surface area contributed by atoms with Crippen molar-refractivity contribution >= 4 is 17.5 Å². The van der Waals surface area contributed by atoms with E-state index in [1.165, 1.54) is 24.0 Å². The maximum Gasteiger partial charge on any atom is 0.352 e. The van der Waals surface area contributed by atoms with Crippen molar-refractivity contribution < 1.29 is 31.9 Å². The Hall–Kier alpha value is -2.94. The molecule has 2 aromatic rings. The van der Waals surface area contributed by atoms with Gasteiger partial charge in [0.1, 0.15) is 11.6 Å². The van der Waals surface area contributed by atoms with Crippen molar-refractivity contribution in [2.45, 2.75) is 56.7 Å². The maximum atomic E-state index is 15.3. The van der Waals surface area contributed by atoms with Gasteiger partial charge in [-0.1, -0.05) is 0 Å². The minimum absolute atomic E-state index is 0.0981. The topological polar surface area (TPSA) is 58.6 Å². The maximum absolute atomic E-state index is 15.3. The molecule has 0 radical (unpaired) electrons. The second kappa shape index (κ2) is 8.78. The lowest BCUT2D eigenvalue weighted by molar-refractivity contribution is -0.166. The number of hydrogen-bond donors (Lipinski definition) is 1. The number of rotatable bonds is 5. The zero-order valence-corrected chi connectivity index (χ0v) is 18.2. The van der Waals surface area contributed by atoms with Crippen LogP contribution in [0.1, 0.15) is 47.2 Å². The molecule has 2 aliphatic heterocycles. The van der Waals surface area contributed by atoms with Crippen LogP contribution in [0, 0.1) is 18.6 Å². The first-order valence-electron chi connectivity index (χ1n) is 10.7. The number of aryl methyl sites for hydroxylation is 1. The second-order valence-electron chi connectivity index (χ2n) is 8.61. The molecule has 2 fully saturated rings. The summed E-state index contributed by atoms with van der Waals surface area (Å²) in [5.74, 6) is -8.13. The van der Waals surface area contributed by atoms with E-state index < -0.39 is 34.9 Å². The van der Waals surface area contributed by atoms with Crippen LogP contribution in [0.5, 0.6) is 0 Å². The molecular formula is C24H24F4N2O3. The van der Waals surface area contributed by atoms with Gasteiger partial charge in [0.15, 0.2) is 0 Å². The van der Waals surface area contributed by atoms with Crippen molar-refractivity contribution in [2.75, 3.05) is 12.4 Å². The van der Waals surface area contributed by atoms with E-state index in [4.69, 9.17) is 4.74 Å². The normalized spacial score (nSPS) is 22.4. The molecule has 0 spiro atoms. The van der Waals surface area contributed by atoms with Gasteiger partial charge < -0.3 is 15.0 Å². The summed E-state index contributed by atoms with van der Waals surface area (Å²) < 4.78 is 63.8. The van der Waals surface area contributed by atoms with Gasteiger partial charge in [-0.3, -0.25) is 9.59 Å². The number of benzene rings is 2. The summed E-state index contributed by atoms with van der Waals surface area (Å²) >= 11 is 0. The standard InChI is InChI=1S/C24H24F4N2O3/c1-13-9-15(4-8-20(13)25)29-22(31)14-3-7-21(26)19(10-14)24(27,28)23(32)30-16-5-6-17(30)12-18(11-16)33-2/h3-4,7-10,16-18H,5-6,11-12H2,1-2H3,(H,29,31)/t16-,17+,18+. The molecule has 2 bridgehead atoms. The Morgan fingerprint density at radius 3 is 2.27 bits per heavy atom. The first kappa shape index (κ1) is 23.2. The van der Waals surface area contributed by atoms with Crippen molar-refractivity contribution in [3.05, 3.63) is 64.7 Å². The van der Waals surface area contributed by atoms with Crippen molar-refractivity contribution in [1.82, 2.24) is 4.90 Å². The molecule has 176 valence electrons. The van der Waals surface area contributed by atoms with Crippen LogP contribution in [0.2, 0.25) is 0 Å². The van der Waals surface area contributed by atoms with Crippen molar-refractivity contribution in [1.29, 1.82) is 0 Å². The van der Waals surface area contributed by atoms with E-state index in [9.17, 15) is 18.4 Å². The average Bonchev–Trinajstić information content (AvgIpc) is 3.04. The summed E-state index contributed by atoms with van der Waals surface area (Å²) in [5, 5.41) is 2.47. The van der Waals surface area contributed by atoms with Crippen molar-refractivity contribution in [3.63, 3.8) is 0 Å². The van der Waals surface area contributed by atoms with Crippen LogP contribution in [0.4, 0.5) is 23.2 Å². The summed E-state index contributed by atoms with van der Waals surface area (Å²) in [7, 11) is 1.55. The number of fused-ring (bicyclic) bond motifs is 2. The molecule has 2 heterocycles. The van der Waals surface area contributed by atoms with E-state index in [0.29, 0.717) is 31.7 Å². The zero-order valence-electron chi connectivity index (χ0n) is 18.2. The van der Waals surface area contributed by atoms with E-state index >= 15 is 8.78 Å². The lowest BCUT2D eigenvalue weighted by Gasteiger charge is -2.40. The Balaban J connectivity index is 1.58. The molecule has 2 aromatic carbocycles. The number of piperidine rings is 1. The molecular weight excluding hydrogens is 440 g/mol. The third-order valence-corrected chi connectivity index (χ3v) is 6.51. The van der Waals surface area contributed by atoms with E-state index in [-0.39, 0.29) is 35.0 Å². The number of carbonyl (C=O) groups is 2. The highest BCUT2D eigenvalue weighted by atomic mass is 19.3. The molecule has 9 heteroatoms. The van der Waals surface area contributed by atoms with Gasteiger partial charge in [-0.05, 0) is 74.6 Å². The summed E-state index contributed by atoms with van der Waals surface area (Å²) in [5.41, 5.74) is -0.854. The fourth-order valence-corrected chi connectivity index (χ4v) is 4.76. The van der Waals surface area contributed by atoms with Crippen molar-refractivity contribution in [3.8, 4) is 0 Å². The molecule has 2 saturated heterocycles. The Morgan fingerprint density at radius 2 is 1.67 bits per heavy atom. The number of ether oxygens (including phenoxy) is 1.